The fourth-order valence-electron chi connectivity index (χ4n) is 3.84. The summed E-state index contributed by atoms with van der Waals surface area (Å²) in [5, 5.41) is 0. The monoisotopic (exact) mass is 268 g/mol. The zero-order chi connectivity index (χ0) is 13.9. The molecule has 3 heteroatoms. The lowest BCUT2D eigenvalue weighted by atomic mass is 9.71. The predicted octanol–water partition coefficient (Wildman–Crippen LogP) is 2.50. The molecule has 2 rings (SSSR count). The molecule has 0 aliphatic heterocycles. The van der Waals surface area contributed by atoms with E-state index in [4.69, 9.17) is 10.5 Å². The lowest BCUT2D eigenvalue weighted by molar-refractivity contribution is 0.0134. The van der Waals surface area contributed by atoms with Crippen LogP contribution in [0.5, 0.6) is 0 Å². The van der Waals surface area contributed by atoms with E-state index in [-0.39, 0.29) is 5.54 Å². The summed E-state index contributed by atoms with van der Waals surface area (Å²) in [6, 6.07) is 0. The van der Waals surface area contributed by atoms with Gasteiger partial charge in [0.1, 0.15) is 0 Å². The van der Waals surface area contributed by atoms with Gasteiger partial charge in [0.05, 0.1) is 6.61 Å². The average Bonchev–Trinajstić information content (AvgIpc) is 3.17. The summed E-state index contributed by atoms with van der Waals surface area (Å²) >= 11 is 0. The Bertz CT molecular complexity index is 268. The standard InChI is InChI=1S/C16H32N2O/c1-13-8-14(2)10-16(9-13,12-17)18(3)6-7-19-11-15-4-5-15/h13-15H,4-12,17H2,1-3H3. The Kier molecular flexibility index (Phi) is 5.27. The van der Waals surface area contributed by atoms with E-state index < -0.39 is 0 Å². The fraction of sp³-hybridized carbons (Fsp3) is 1.00. The van der Waals surface area contributed by atoms with E-state index in [0.29, 0.717) is 0 Å². The van der Waals surface area contributed by atoms with E-state index in [2.05, 4.69) is 25.8 Å². The van der Waals surface area contributed by atoms with Gasteiger partial charge in [-0.2, -0.15) is 0 Å². The first-order valence-corrected chi connectivity index (χ1v) is 8.05. The van der Waals surface area contributed by atoms with Crippen molar-refractivity contribution >= 4 is 0 Å². The second-order valence-electron chi connectivity index (χ2n) is 7.22. The topological polar surface area (TPSA) is 38.5 Å². The fourth-order valence-corrected chi connectivity index (χ4v) is 3.84. The Morgan fingerprint density at radius 2 is 1.84 bits per heavy atom. The van der Waals surface area contributed by atoms with Gasteiger partial charge >= 0.3 is 0 Å². The normalized spacial score (nSPS) is 35.8. The molecule has 0 amide bonds. The largest absolute Gasteiger partial charge is 0.380 e. The maximum Gasteiger partial charge on any atom is 0.0593 e. The molecule has 0 bridgehead atoms. The maximum atomic E-state index is 6.14. The molecule has 0 aromatic rings. The van der Waals surface area contributed by atoms with Crippen LogP contribution >= 0.6 is 0 Å². The Morgan fingerprint density at radius 1 is 1.21 bits per heavy atom. The van der Waals surface area contributed by atoms with Gasteiger partial charge in [0.25, 0.3) is 0 Å². The lowest BCUT2D eigenvalue weighted by Gasteiger charge is -2.48. The second-order valence-corrected chi connectivity index (χ2v) is 7.22. The smallest absolute Gasteiger partial charge is 0.0593 e. The minimum Gasteiger partial charge on any atom is -0.380 e. The molecule has 2 aliphatic carbocycles. The van der Waals surface area contributed by atoms with Crippen LogP contribution in [-0.4, -0.2) is 43.8 Å². The van der Waals surface area contributed by atoms with Crippen molar-refractivity contribution in [2.75, 3.05) is 33.4 Å². The minimum atomic E-state index is 0.208. The molecule has 112 valence electrons. The van der Waals surface area contributed by atoms with Gasteiger partial charge in [0, 0.05) is 25.2 Å². The SMILES string of the molecule is CC1CC(C)CC(CN)(N(C)CCOCC2CC2)C1. The summed E-state index contributed by atoms with van der Waals surface area (Å²) in [5.74, 6) is 2.45. The molecular formula is C16H32N2O. The van der Waals surface area contributed by atoms with Crippen molar-refractivity contribution in [1.82, 2.24) is 4.90 Å². The van der Waals surface area contributed by atoms with Crippen LogP contribution in [0, 0.1) is 17.8 Å². The summed E-state index contributed by atoms with van der Waals surface area (Å²) < 4.78 is 5.78. The zero-order valence-corrected chi connectivity index (χ0v) is 13.0. The van der Waals surface area contributed by atoms with E-state index >= 15 is 0 Å². The Labute approximate surface area is 118 Å². The summed E-state index contributed by atoms with van der Waals surface area (Å²) in [4.78, 5) is 2.48. The van der Waals surface area contributed by atoms with Crippen molar-refractivity contribution in [3.05, 3.63) is 0 Å². The summed E-state index contributed by atoms with van der Waals surface area (Å²) in [5.41, 5.74) is 6.35. The number of nitrogens with two attached hydrogens (primary N) is 1. The molecule has 0 aromatic carbocycles. The van der Waals surface area contributed by atoms with E-state index in [1.54, 1.807) is 0 Å². The molecule has 2 atom stereocenters. The quantitative estimate of drug-likeness (QED) is 0.721. The molecule has 2 N–H and O–H groups in total. The van der Waals surface area contributed by atoms with E-state index in [1.165, 1.54) is 32.1 Å². The van der Waals surface area contributed by atoms with Gasteiger partial charge in [0.15, 0.2) is 0 Å². The second kappa shape index (κ2) is 6.55. The molecule has 0 saturated heterocycles. The van der Waals surface area contributed by atoms with Gasteiger partial charge in [-0.15, -0.1) is 0 Å². The Balaban J connectivity index is 1.80. The van der Waals surface area contributed by atoms with Crippen LogP contribution < -0.4 is 5.73 Å². The Hall–Kier alpha value is -0.120. The number of hydrogen-bond donors (Lipinski definition) is 1. The molecule has 2 unspecified atom stereocenters. The first-order valence-electron chi connectivity index (χ1n) is 8.05. The van der Waals surface area contributed by atoms with Crippen LogP contribution in [0.1, 0.15) is 46.0 Å². The highest BCUT2D eigenvalue weighted by molar-refractivity contribution is 4.96. The first kappa shape index (κ1) is 15.3. The molecule has 19 heavy (non-hydrogen) atoms. The summed E-state index contributed by atoms with van der Waals surface area (Å²) in [6.07, 6.45) is 6.59. The highest BCUT2D eigenvalue weighted by Gasteiger charge is 2.39. The first-order chi connectivity index (χ1) is 9.05. The summed E-state index contributed by atoms with van der Waals surface area (Å²) in [7, 11) is 2.23. The third kappa shape index (κ3) is 4.17. The van der Waals surface area contributed by atoms with Gasteiger partial charge in [-0.1, -0.05) is 13.8 Å². The Morgan fingerprint density at radius 3 is 2.37 bits per heavy atom. The van der Waals surface area contributed by atoms with Crippen LogP contribution in [0.2, 0.25) is 0 Å². The van der Waals surface area contributed by atoms with E-state index in [1.807, 2.05) is 0 Å². The third-order valence-electron chi connectivity index (χ3n) is 5.07. The minimum absolute atomic E-state index is 0.208. The van der Waals surface area contributed by atoms with Crippen molar-refractivity contribution in [3.63, 3.8) is 0 Å². The van der Waals surface area contributed by atoms with E-state index in [9.17, 15) is 0 Å². The van der Waals surface area contributed by atoms with Crippen molar-refractivity contribution in [3.8, 4) is 0 Å². The van der Waals surface area contributed by atoms with Crippen molar-refractivity contribution in [1.29, 1.82) is 0 Å². The van der Waals surface area contributed by atoms with Crippen LogP contribution in [0.3, 0.4) is 0 Å². The lowest BCUT2D eigenvalue weighted by Crippen LogP contribution is -2.56. The van der Waals surface area contributed by atoms with Crippen LogP contribution in [-0.2, 0) is 4.74 Å². The molecule has 3 nitrogen and oxygen atoms in total. The van der Waals surface area contributed by atoms with Crippen molar-refractivity contribution < 1.29 is 4.74 Å². The third-order valence-corrected chi connectivity index (χ3v) is 5.07. The average molecular weight is 268 g/mol. The maximum absolute atomic E-state index is 6.14. The van der Waals surface area contributed by atoms with Crippen molar-refractivity contribution in [2.45, 2.75) is 51.5 Å². The van der Waals surface area contributed by atoms with E-state index in [0.717, 1.165) is 44.1 Å². The van der Waals surface area contributed by atoms with Gasteiger partial charge < -0.3 is 10.5 Å². The molecule has 0 aromatic heterocycles. The van der Waals surface area contributed by atoms with Crippen LogP contribution in [0.4, 0.5) is 0 Å². The number of nitrogens with zero attached hydrogens (tertiary/aromatic N) is 1. The molecule has 0 heterocycles. The number of hydrogen-bond acceptors (Lipinski definition) is 3. The van der Waals surface area contributed by atoms with Crippen molar-refractivity contribution in [2.24, 2.45) is 23.5 Å². The highest BCUT2D eigenvalue weighted by atomic mass is 16.5. The number of rotatable bonds is 7. The molecule has 2 saturated carbocycles. The zero-order valence-electron chi connectivity index (χ0n) is 13.0. The van der Waals surface area contributed by atoms with Gasteiger partial charge in [-0.3, -0.25) is 4.90 Å². The molecule has 2 fully saturated rings. The van der Waals surface area contributed by atoms with Gasteiger partial charge in [0.2, 0.25) is 0 Å². The van der Waals surface area contributed by atoms with Gasteiger partial charge in [-0.05, 0) is 56.9 Å². The molecule has 0 radical (unpaired) electrons. The van der Waals surface area contributed by atoms with Crippen LogP contribution in [0.15, 0.2) is 0 Å². The predicted molar refractivity (Wildman–Crippen MR) is 80.1 cm³/mol. The summed E-state index contributed by atoms with van der Waals surface area (Å²) in [6.45, 7) is 8.37. The molecule has 2 aliphatic rings. The van der Waals surface area contributed by atoms with Gasteiger partial charge in [-0.25, -0.2) is 0 Å². The highest BCUT2D eigenvalue weighted by Crippen LogP contribution is 2.38. The van der Waals surface area contributed by atoms with Crippen LogP contribution in [0.25, 0.3) is 0 Å². The number of ether oxygens (including phenoxy) is 1. The molecule has 0 spiro atoms. The molecular weight excluding hydrogens is 236 g/mol. The number of likely N-dealkylation sites (N-methyl/N-ethyl adjacent to an activating group) is 1.